The highest BCUT2D eigenvalue weighted by Gasteiger charge is 2.25. The number of nitriles is 2. The van der Waals surface area contributed by atoms with E-state index in [4.69, 9.17) is 15.6 Å². The van der Waals surface area contributed by atoms with Crippen LogP contribution in [0, 0.1) is 22.7 Å². The zero-order valence-electron chi connectivity index (χ0n) is 11.0. The molecule has 23 heavy (non-hydrogen) atoms. The van der Waals surface area contributed by atoms with E-state index in [9.17, 15) is 13.2 Å². The SMILES string of the molecule is N#C/C(=N\Nc1c(C#N)csc1C(=O)O)S(=O)(=O)c1cccs1. The van der Waals surface area contributed by atoms with Crippen molar-refractivity contribution in [3.63, 3.8) is 0 Å². The molecule has 0 unspecified atom stereocenters. The van der Waals surface area contributed by atoms with E-state index < -0.39 is 20.9 Å². The van der Waals surface area contributed by atoms with Gasteiger partial charge in [-0.15, -0.1) is 22.7 Å². The van der Waals surface area contributed by atoms with Crippen molar-refractivity contribution in [2.75, 3.05) is 5.43 Å². The summed E-state index contributed by atoms with van der Waals surface area (Å²) >= 11 is 1.71. The lowest BCUT2D eigenvalue weighted by molar-refractivity contribution is 0.0703. The van der Waals surface area contributed by atoms with E-state index in [1.54, 1.807) is 6.07 Å². The third-order valence-electron chi connectivity index (χ3n) is 2.49. The summed E-state index contributed by atoms with van der Waals surface area (Å²) < 4.78 is 24.3. The molecule has 2 aromatic rings. The van der Waals surface area contributed by atoms with E-state index in [1.807, 2.05) is 0 Å². The highest BCUT2D eigenvalue weighted by Crippen LogP contribution is 2.28. The molecule has 0 bridgehead atoms. The van der Waals surface area contributed by atoms with Crippen LogP contribution in [0.4, 0.5) is 5.69 Å². The molecule has 2 rings (SSSR count). The molecule has 116 valence electrons. The molecule has 2 heterocycles. The standard InChI is InChI=1S/C12H6N4O4S3/c13-4-7-6-22-11(12(17)18)10(7)16-15-8(5-14)23(19,20)9-2-1-3-21-9/h1-3,6,16H,(H,17,18)/b15-8+. The quantitative estimate of drug-likeness (QED) is 0.479. The molecule has 0 saturated heterocycles. The first kappa shape index (κ1) is 16.6. The molecular weight excluding hydrogens is 360 g/mol. The molecule has 8 nitrogen and oxygen atoms in total. The molecule has 0 aliphatic carbocycles. The predicted octanol–water partition coefficient (Wildman–Crippen LogP) is 2.10. The number of carboxylic acid groups (broad SMARTS) is 1. The number of hydrogen-bond acceptors (Lipinski definition) is 9. The Morgan fingerprint density at radius 1 is 1.35 bits per heavy atom. The van der Waals surface area contributed by atoms with Crippen molar-refractivity contribution in [3.8, 4) is 12.1 Å². The summed E-state index contributed by atoms with van der Waals surface area (Å²) in [5, 5.41) is 32.5. The minimum Gasteiger partial charge on any atom is -0.477 e. The average Bonchev–Trinajstić information content (AvgIpc) is 3.17. The fourth-order valence-corrected chi connectivity index (χ4v) is 4.35. The van der Waals surface area contributed by atoms with Crippen molar-refractivity contribution >= 4 is 49.2 Å². The van der Waals surface area contributed by atoms with Crippen LogP contribution < -0.4 is 5.43 Å². The topological polar surface area (TPSA) is 143 Å². The van der Waals surface area contributed by atoms with Crippen molar-refractivity contribution in [1.82, 2.24) is 0 Å². The van der Waals surface area contributed by atoms with Crippen LogP contribution in [0.25, 0.3) is 0 Å². The summed E-state index contributed by atoms with van der Waals surface area (Å²) in [5.74, 6) is -1.30. The van der Waals surface area contributed by atoms with Gasteiger partial charge in [0.25, 0.3) is 5.04 Å². The van der Waals surface area contributed by atoms with Gasteiger partial charge in [-0.2, -0.15) is 15.6 Å². The number of thiophene rings is 2. The minimum atomic E-state index is -4.10. The molecule has 2 aromatic heterocycles. The van der Waals surface area contributed by atoms with Gasteiger partial charge in [0.2, 0.25) is 9.84 Å². The third kappa shape index (κ3) is 3.22. The van der Waals surface area contributed by atoms with Gasteiger partial charge in [-0.1, -0.05) is 6.07 Å². The van der Waals surface area contributed by atoms with Crippen LogP contribution in [0.3, 0.4) is 0 Å². The Labute approximate surface area is 138 Å². The summed E-state index contributed by atoms with van der Waals surface area (Å²) in [6.45, 7) is 0. The molecule has 0 aromatic carbocycles. The molecule has 0 saturated carbocycles. The molecule has 0 amide bonds. The number of sulfone groups is 1. The Balaban J connectivity index is 2.44. The lowest BCUT2D eigenvalue weighted by Gasteiger charge is -2.02. The second-order valence-corrected chi connectivity index (χ2v) is 7.77. The maximum absolute atomic E-state index is 12.2. The Bertz CT molecular complexity index is 959. The number of rotatable bonds is 4. The second-order valence-electron chi connectivity index (χ2n) is 3.85. The van der Waals surface area contributed by atoms with Gasteiger partial charge in [0.15, 0.2) is 0 Å². The number of nitrogens with one attached hydrogen (secondary N) is 1. The Morgan fingerprint density at radius 2 is 2.09 bits per heavy atom. The van der Waals surface area contributed by atoms with Gasteiger partial charge in [0, 0.05) is 5.38 Å². The van der Waals surface area contributed by atoms with Crippen molar-refractivity contribution in [1.29, 1.82) is 10.5 Å². The first-order valence-electron chi connectivity index (χ1n) is 5.69. The number of carbonyl (C=O) groups is 1. The lowest BCUT2D eigenvalue weighted by atomic mass is 10.3. The maximum atomic E-state index is 12.2. The zero-order chi connectivity index (χ0) is 17.0. The number of anilines is 1. The van der Waals surface area contributed by atoms with Crippen molar-refractivity contribution in [3.05, 3.63) is 33.3 Å². The molecular formula is C12H6N4O4S3. The van der Waals surface area contributed by atoms with Gasteiger partial charge in [-0.05, 0) is 11.4 Å². The molecule has 11 heteroatoms. The molecule has 0 aliphatic rings. The summed E-state index contributed by atoms with van der Waals surface area (Å²) in [7, 11) is -4.10. The van der Waals surface area contributed by atoms with E-state index in [-0.39, 0.29) is 20.3 Å². The van der Waals surface area contributed by atoms with Crippen LogP contribution in [0.2, 0.25) is 0 Å². The maximum Gasteiger partial charge on any atom is 0.348 e. The predicted molar refractivity (Wildman–Crippen MR) is 84.2 cm³/mol. The second kappa shape index (κ2) is 6.58. The highest BCUT2D eigenvalue weighted by molar-refractivity contribution is 8.08. The van der Waals surface area contributed by atoms with Crippen LogP contribution in [-0.4, -0.2) is 24.5 Å². The Morgan fingerprint density at radius 3 is 2.61 bits per heavy atom. The largest absolute Gasteiger partial charge is 0.477 e. The molecule has 0 radical (unpaired) electrons. The molecule has 0 aliphatic heterocycles. The van der Waals surface area contributed by atoms with E-state index >= 15 is 0 Å². The molecule has 2 N–H and O–H groups in total. The molecule has 0 atom stereocenters. The average molecular weight is 366 g/mol. The van der Waals surface area contributed by atoms with Gasteiger partial charge < -0.3 is 5.11 Å². The van der Waals surface area contributed by atoms with Crippen LogP contribution >= 0.6 is 22.7 Å². The van der Waals surface area contributed by atoms with Gasteiger partial charge in [0.05, 0.1) is 11.3 Å². The first-order chi connectivity index (χ1) is 10.9. The van der Waals surface area contributed by atoms with E-state index in [0.717, 1.165) is 22.7 Å². The third-order valence-corrected chi connectivity index (χ3v) is 6.42. The van der Waals surface area contributed by atoms with Crippen LogP contribution in [-0.2, 0) is 9.84 Å². The molecule has 0 fully saturated rings. The van der Waals surface area contributed by atoms with E-state index in [0.29, 0.717) is 0 Å². The Kier molecular flexibility index (Phi) is 4.76. The number of hydrazone groups is 1. The summed E-state index contributed by atoms with van der Waals surface area (Å²) in [4.78, 5) is 10.9. The van der Waals surface area contributed by atoms with Crippen LogP contribution in [0.15, 0.2) is 32.2 Å². The lowest BCUT2D eigenvalue weighted by Crippen LogP contribution is -2.14. The zero-order valence-corrected chi connectivity index (χ0v) is 13.5. The highest BCUT2D eigenvalue weighted by atomic mass is 32.2. The van der Waals surface area contributed by atoms with Gasteiger partial charge in [-0.25, -0.2) is 13.2 Å². The van der Waals surface area contributed by atoms with Gasteiger partial charge in [-0.3, -0.25) is 5.43 Å². The summed E-state index contributed by atoms with van der Waals surface area (Å²) in [5.41, 5.74) is 2.05. The van der Waals surface area contributed by atoms with Crippen molar-refractivity contribution in [2.45, 2.75) is 4.21 Å². The summed E-state index contributed by atoms with van der Waals surface area (Å²) in [6, 6.07) is 6.05. The summed E-state index contributed by atoms with van der Waals surface area (Å²) in [6.07, 6.45) is 0. The number of carboxylic acids is 1. The van der Waals surface area contributed by atoms with Crippen molar-refractivity contribution < 1.29 is 18.3 Å². The minimum absolute atomic E-state index is 0.0121. The first-order valence-corrected chi connectivity index (χ1v) is 8.93. The fourth-order valence-electron chi connectivity index (χ4n) is 1.47. The number of aromatic carboxylic acids is 1. The van der Waals surface area contributed by atoms with Gasteiger partial charge >= 0.3 is 5.97 Å². The number of hydrogen-bond donors (Lipinski definition) is 2. The Hall–Kier alpha value is -2.73. The van der Waals surface area contributed by atoms with E-state index in [1.165, 1.54) is 29.0 Å². The van der Waals surface area contributed by atoms with Crippen molar-refractivity contribution in [2.24, 2.45) is 5.10 Å². The van der Waals surface area contributed by atoms with Crippen LogP contribution in [0.1, 0.15) is 15.2 Å². The van der Waals surface area contributed by atoms with Gasteiger partial charge in [0.1, 0.15) is 21.2 Å². The monoisotopic (exact) mass is 366 g/mol. The smallest absolute Gasteiger partial charge is 0.348 e. The van der Waals surface area contributed by atoms with E-state index in [2.05, 4.69) is 10.5 Å². The number of nitrogens with zero attached hydrogens (tertiary/aromatic N) is 3. The fraction of sp³-hybridized carbons (Fsp3) is 0. The molecule has 0 spiro atoms. The van der Waals surface area contributed by atoms with Crippen LogP contribution in [0.5, 0.6) is 0 Å². The normalized spacial score (nSPS) is 11.5.